The first-order valence-corrected chi connectivity index (χ1v) is 17.7. The van der Waals surface area contributed by atoms with E-state index >= 15 is 0 Å². The predicted octanol–water partition coefficient (Wildman–Crippen LogP) is 11.4. The fraction of sp³-hybridized carbons (Fsp3) is 0.0417. The minimum absolute atomic E-state index is 0.589. The molecule has 0 radical (unpaired) electrons. The molecule has 1 heterocycles. The normalized spacial score (nSPS) is 13.3. The van der Waals surface area contributed by atoms with Crippen molar-refractivity contribution in [3.8, 4) is 11.1 Å². The number of anilines is 2. The zero-order valence-corrected chi connectivity index (χ0v) is 29.0. The Labute approximate surface area is 298 Å². The number of fused-ring (bicyclic) bond motifs is 4. The molecule has 0 fully saturated rings. The lowest BCUT2D eigenvalue weighted by Crippen LogP contribution is -2.31. The molecule has 0 bridgehead atoms. The molecule has 1 aromatic heterocycles. The van der Waals surface area contributed by atoms with Gasteiger partial charge in [0.15, 0.2) is 0 Å². The molecule has 1 nitrogen and oxygen atoms in total. The molecule has 0 saturated carbocycles. The van der Waals surface area contributed by atoms with Gasteiger partial charge in [0, 0.05) is 31.1 Å². The highest BCUT2D eigenvalue weighted by Gasteiger charge is 2.47. The minimum atomic E-state index is -0.589. The Morgan fingerprint density at radius 2 is 1.26 bits per heavy atom. The van der Waals surface area contributed by atoms with Crippen molar-refractivity contribution >= 4 is 57.2 Å². The molecule has 0 N–H and O–H groups in total. The van der Waals surface area contributed by atoms with Crippen molar-refractivity contribution < 1.29 is 0 Å². The Kier molecular flexibility index (Phi) is 7.82. The van der Waals surface area contributed by atoms with Gasteiger partial charge in [-0.05, 0) is 76.2 Å². The highest BCUT2D eigenvalue weighted by molar-refractivity contribution is 7.17. The van der Waals surface area contributed by atoms with Crippen LogP contribution in [0, 0.1) is 6.92 Å². The number of aryl methyl sites for hydroxylation is 1. The zero-order valence-electron chi connectivity index (χ0n) is 28.2. The van der Waals surface area contributed by atoms with Gasteiger partial charge >= 0.3 is 0 Å². The van der Waals surface area contributed by atoms with Crippen LogP contribution in [0.5, 0.6) is 0 Å². The van der Waals surface area contributed by atoms with Crippen LogP contribution in [0.3, 0.4) is 0 Å². The van der Waals surface area contributed by atoms with Gasteiger partial charge in [0.1, 0.15) is 0 Å². The topological polar surface area (TPSA) is 3.24 Å². The highest BCUT2D eigenvalue weighted by Crippen LogP contribution is 2.59. The van der Waals surface area contributed by atoms with Crippen LogP contribution >= 0.6 is 11.3 Å². The van der Waals surface area contributed by atoms with Crippen LogP contribution in [0.1, 0.15) is 38.9 Å². The average molecular weight is 660 g/mol. The Morgan fingerprint density at radius 3 is 1.88 bits per heavy atom. The SMILES string of the molecule is C=C/C(=c1\c(=C)sc2ccccc12)N(c1ccccc1)c1cc2c(c(C=C)c1C=C)-c1ccc(C)cc1C2(c1ccccc1)c1ccccc1. The Bertz CT molecular complexity index is 2520. The number of nitrogens with zero attached hydrogens (tertiary/aromatic N) is 1. The molecular weight excluding hydrogens is 623 g/mol. The standard InChI is InChI=1S/C48H37NS/c1-6-37-38(7-2)47-39-29-28-32(4)30-41(39)48(34-20-12-9-13-21-34,35-22-14-10-15-23-35)42(47)31-44(37)49(36-24-16-11-17-25-36)43(8-3)46-33(5)50-45-27-19-18-26-40(45)46/h6-31H,1-3,5H2,4H3/b46-43-. The molecule has 0 spiro atoms. The molecule has 1 aliphatic rings. The molecule has 0 atom stereocenters. The lowest BCUT2D eigenvalue weighted by molar-refractivity contribution is 0.767. The smallest absolute Gasteiger partial charge is 0.0714 e. The van der Waals surface area contributed by atoms with Crippen LogP contribution in [-0.2, 0) is 5.41 Å². The molecule has 2 heteroatoms. The maximum Gasteiger partial charge on any atom is 0.0714 e. The Balaban J connectivity index is 1.59. The molecule has 6 aromatic carbocycles. The van der Waals surface area contributed by atoms with Gasteiger partial charge in [0.05, 0.1) is 16.8 Å². The molecule has 8 rings (SSSR count). The molecule has 50 heavy (non-hydrogen) atoms. The van der Waals surface area contributed by atoms with Crippen LogP contribution in [0.15, 0.2) is 165 Å². The number of benzene rings is 6. The van der Waals surface area contributed by atoms with E-state index in [1.165, 1.54) is 43.6 Å². The first-order chi connectivity index (χ1) is 24.5. The van der Waals surface area contributed by atoms with Crippen molar-refractivity contribution in [3.63, 3.8) is 0 Å². The second-order valence-corrected chi connectivity index (χ2v) is 13.9. The van der Waals surface area contributed by atoms with Crippen LogP contribution in [0.25, 0.3) is 45.6 Å². The van der Waals surface area contributed by atoms with Crippen molar-refractivity contribution in [1.82, 2.24) is 0 Å². The zero-order chi connectivity index (χ0) is 34.4. The van der Waals surface area contributed by atoms with E-state index in [2.05, 4.69) is 178 Å². The van der Waals surface area contributed by atoms with E-state index in [0.717, 1.165) is 43.3 Å². The van der Waals surface area contributed by atoms with Gasteiger partial charge in [0.2, 0.25) is 0 Å². The molecule has 1 aliphatic carbocycles. The quantitative estimate of drug-likeness (QED) is 0.157. The van der Waals surface area contributed by atoms with Gasteiger partial charge in [-0.25, -0.2) is 0 Å². The Hall–Kier alpha value is -5.96. The summed E-state index contributed by atoms with van der Waals surface area (Å²) < 4.78 is 2.20. The van der Waals surface area contributed by atoms with Gasteiger partial charge in [-0.2, -0.15) is 0 Å². The highest BCUT2D eigenvalue weighted by atomic mass is 32.1. The summed E-state index contributed by atoms with van der Waals surface area (Å²) >= 11 is 1.71. The molecule has 0 saturated heterocycles. The summed E-state index contributed by atoms with van der Waals surface area (Å²) in [6.07, 6.45) is 5.97. The lowest BCUT2D eigenvalue weighted by atomic mass is 9.67. The van der Waals surface area contributed by atoms with Crippen molar-refractivity contribution in [3.05, 3.63) is 214 Å². The maximum absolute atomic E-state index is 4.56. The van der Waals surface area contributed by atoms with Crippen molar-refractivity contribution in [2.24, 2.45) is 0 Å². The van der Waals surface area contributed by atoms with Crippen LogP contribution < -0.4 is 14.7 Å². The van der Waals surface area contributed by atoms with Gasteiger partial charge in [-0.1, -0.05) is 159 Å². The van der Waals surface area contributed by atoms with Gasteiger partial charge < -0.3 is 4.90 Å². The maximum atomic E-state index is 4.56. The first kappa shape index (κ1) is 31.3. The van der Waals surface area contributed by atoms with Crippen LogP contribution in [-0.4, -0.2) is 0 Å². The molecule has 240 valence electrons. The van der Waals surface area contributed by atoms with Gasteiger partial charge in [0.25, 0.3) is 0 Å². The van der Waals surface area contributed by atoms with Crippen molar-refractivity contribution in [2.75, 3.05) is 4.90 Å². The van der Waals surface area contributed by atoms with Gasteiger partial charge in [-0.3, -0.25) is 0 Å². The lowest BCUT2D eigenvalue weighted by Gasteiger charge is -2.36. The van der Waals surface area contributed by atoms with E-state index in [-0.39, 0.29) is 0 Å². The summed E-state index contributed by atoms with van der Waals surface area (Å²) in [4.78, 5) is 2.34. The summed E-state index contributed by atoms with van der Waals surface area (Å²) in [6, 6.07) is 50.3. The molecule has 0 unspecified atom stereocenters. The summed E-state index contributed by atoms with van der Waals surface area (Å²) in [7, 11) is 0. The number of thiophene rings is 1. The molecule has 0 aliphatic heterocycles. The predicted molar refractivity (Wildman–Crippen MR) is 217 cm³/mol. The third-order valence-corrected chi connectivity index (χ3v) is 11.1. The average Bonchev–Trinajstić information content (AvgIpc) is 3.65. The van der Waals surface area contributed by atoms with Crippen molar-refractivity contribution in [1.29, 1.82) is 0 Å². The number of hydrogen-bond donors (Lipinski definition) is 0. The van der Waals surface area contributed by atoms with E-state index in [1.807, 2.05) is 18.2 Å². The summed E-state index contributed by atoms with van der Waals surface area (Å²) in [6.45, 7) is 20.0. The van der Waals surface area contributed by atoms with E-state index in [4.69, 9.17) is 0 Å². The second-order valence-electron chi connectivity index (χ2n) is 12.7. The van der Waals surface area contributed by atoms with Gasteiger partial charge in [-0.15, -0.1) is 11.3 Å². The molecule has 7 aromatic rings. The van der Waals surface area contributed by atoms with Crippen LogP contribution in [0.2, 0.25) is 0 Å². The van der Waals surface area contributed by atoms with Crippen molar-refractivity contribution in [2.45, 2.75) is 12.3 Å². The first-order valence-electron chi connectivity index (χ1n) is 16.9. The second kappa shape index (κ2) is 12.5. The largest absolute Gasteiger partial charge is 0.309 e. The molecule has 0 amide bonds. The monoisotopic (exact) mass is 659 g/mol. The van der Waals surface area contributed by atoms with E-state index < -0.39 is 5.41 Å². The summed E-state index contributed by atoms with van der Waals surface area (Å²) in [5.74, 6) is 0. The third kappa shape index (κ3) is 4.60. The number of hydrogen-bond acceptors (Lipinski definition) is 2. The minimum Gasteiger partial charge on any atom is -0.309 e. The number of para-hydroxylation sites is 1. The van der Waals surface area contributed by atoms with E-state index in [1.54, 1.807) is 11.3 Å². The molecular formula is C48H37NS. The third-order valence-electron chi connectivity index (χ3n) is 10.1. The van der Waals surface area contributed by atoms with Crippen LogP contribution in [0.4, 0.5) is 11.4 Å². The Morgan fingerprint density at radius 1 is 0.660 bits per heavy atom. The van der Waals surface area contributed by atoms with E-state index in [0.29, 0.717) is 0 Å². The fourth-order valence-corrected chi connectivity index (χ4v) is 9.07. The number of rotatable bonds is 8. The fourth-order valence-electron chi connectivity index (χ4n) is 8.07. The summed E-state index contributed by atoms with van der Waals surface area (Å²) in [5.41, 5.74) is 13.0. The van der Waals surface area contributed by atoms with E-state index in [9.17, 15) is 0 Å². The summed E-state index contributed by atoms with van der Waals surface area (Å²) in [5, 5.41) is 2.24.